The molecule has 1 N–H and O–H groups in total. The highest BCUT2D eigenvalue weighted by Gasteiger charge is 2.14. The zero-order valence-electron chi connectivity index (χ0n) is 14.5. The van der Waals surface area contributed by atoms with Crippen molar-refractivity contribution in [2.45, 2.75) is 19.8 Å². The average Bonchev–Trinajstić information content (AvgIpc) is 2.66. The first-order chi connectivity index (χ1) is 12.2. The predicted octanol–water partition coefficient (Wildman–Crippen LogP) is 2.74. The maximum Gasteiger partial charge on any atom is 0.275 e. The van der Waals surface area contributed by atoms with E-state index in [0.717, 1.165) is 25.2 Å². The molecule has 0 radical (unpaired) electrons. The molecule has 2 aromatic rings. The van der Waals surface area contributed by atoms with Crippen LogP contribution >= 0.6 is 0 Å². The third-order valence-corrected chi connectivity index (χ3v) is 3.91. The molecule has 3 rings (SSSR count). The Kier molecular flexibility index (Phi) is 5.33. The molecule has 1 aromatic heterocycles. The predicted molar refractivity (Wildman–Crippen MR) is 95.6 cm³/mol. The van der Waals surface area contributed by atoms with Crippen LogP contribution in [0.4, 0.5) is 11.5 Å². The van der Waals surface area contributed by atoms with Crippen molar-refractivity contribution in [3.8, 4) is 11.5 Å². The summed E-state index contributed by atoms with van der Waals surface area (Å²) in [7, 11) is 1.97. The van der Waals surface area contributed by atoms with Gasteiger partial charge in [-0.1, -0.05) is 13.3 Å². The second-order valence-corrected chi connectivity index (χ2v) is 5.85. The fraction of sp³-hybridized carbons (Fsp3) is 0.389. The lowest BCUT2D eigenvalue weighted by molar-refractivity contribution is 0.102. The fourth-order valence-electron chi connectivity index (χ4n) is 2.46. The number of hydrogen-bond acceptors (Lipinski definition) is 6. The van der Waals surface area contributed by atoms with E-state index in [1.165, 1.54) is 6.20 Å². The van der Waals surface area contributed by atoms with Crippen LogP contribution in [0.5, 0.6) is 11.5 Å². The Labute approximate surface area is 147 Å². The summed E-state index contributed by atoms with van der Waals surface area (Å²) in [5.41, 5.74) is 0.891. The third-order valence-electron chi connectivity index (χ3n) is 3.91. The van der Waals surface area contributed by atoms with Gasteiger partial charge in [-0.05, 0) is 18.6 Å². The number of benzene rings is 1. The van der Waals surface area contributed by atoms with Crippen LogP contribution in [-0.4, -0.2) is 42.7 Å². The number of anilines is 2. The highest BCUT2D eigenvalue weighted by Crippen LogP contribution is 2.32. The van der Waals surface area contributed by atoms with Gasteiger partial charge in [0.25, 0.3) is 5.91 Å². The monoisotopic (exact) mass is 342 g/mol. The Bertz CT molecular complexity index is 734. The summed E-state index contributed by atoms with van der Waals surface area (Å²) in [5.74, 6) is 1.75. The SMILES string of the molecule is CCCCN(C)c1cnc(C(=O)Nc2ccc3c(c2)OCCO3)cn1. The summed E-state index contributed by atoms with van der Waals surface area (Å²) in [5, 5.41) is 2.80. The van der Waals surface area contributed by atoms with Crippen LogP contribution in [0.2, 0.25) is 0 Å². The first kappa shape index (κ1) is 17.0. The molecule has 0 saturated heterocycles. The lowest BCUT2D eigenvalue weighted by Crippen LogP contribution is -2.21. The maximum absolute atomic E-state index is 12.3. The Hall–Kier alpha value is -2.83. The molecule has 0 fully saturated rings. The molecular formula is C18H22N4O3. The molecule has 0 saturated carbocycles. The van der Waals surface area contributed by atoms with Gasteiger partial charge < -0.3 is 19.7 Å². The standard InChI is InChI=1S/C18H22N4O3/c1-3-4-7-22(2)17-12-19-14(11-20-17)18(23)21-13-5-6-15-16(10-13)25-9-8-24-15/h5-6,10-12H,3-4,7-9H2,1-2H3,(H,21,23). The molecule has 0 atom stereocenters. The maximum atomic E-state index is 12.3. The number of carbonyl (C=O) groups is 1. The van der Waals surface area contributed by atoms with E-state index in [4.69, 9.17) is 9.47 Å². The fourth-order valence-corrected chi connectivity index (χ4v) is 2.46. The minimum Gasteiger partial charge on any atom is -0.486 e. The molecule has 7 heteroatoms. The Morgan fingerprint density at radius 3 is 2.72 bits per heavy atom. The molecule has 25 heavy (non-hydrogen) atoms. The van der Waals surface area contributed by atoms with E-state index in [0.29, 0.717) is 30.4 Å². The quantitative estimate of drug-likeness (QED) is 0.870. The number of rotatable bonds is 6. The first-order valence-corrected chi connectivity index (χ1v) is 8.41. The van der Waals surface area contributed by atoms with Gasteiger partial charge in [-0.2, -0.15) is 0 Å². The van der Waals surface area contributed by atoms with Crippen molar-refractivity contribution in [3.05, 3.63) is 36.3 Å². The Morgan fingerprint density at radius 2 is 2.00 bits per heavy atom. The molecule has 0 bridgehead atoms. The molecule has 1 aliphatic rings. The van der Waals surface area contributed by atoms with Gasteiger partial charge in [0, 0.05) is 25.3 Å². The highest BCUT2D eigenvalue weighted by atomic mass is 16.6. The lowest BCUT2D eigenvalue weighted by atomic mass is 10.2. The number of nitrogens with one attached hydrogen (secondary N) is 1. The average molecular weight is 342 g/mol. The normalized spacial score (nSPS) is 12.6. The molecule has 0 aliphatic carbocycles. The minimum atomic E-state index is -0.313. The zero-order chi connectivity index (χ0) is 17.6. The van der Waals surface area contributed by atoms with Gasteiger partial charge >= 0.3 is 0 Å². The second kappa shape index (κ2) is 7.83. The van der Waals surface area contributed by atoms with Crippen LogP contribution in [0.15, 0.2) is 30.6 Å². The van der Waals surface area contributed by atoms with Gasteiger partial charge in [-0.3, -0.25) is 4.79 Å². The molecule has 7 nitrogen and oxygen atoms in total. The van der Waals surface area contributed by atoms with E-state index in [1.807, 2.05) is 11.9 Å². The van der Waals surface area contributed by atoms with Crippen molar-refractivity contribution >= 4 is 17.4 Å². The summed E-state index contributed by atoms with van der Waals surface area (Å²) in [6, 6.07) is 5.29. The lowest BCUT2D eigenvalue weighted by Gasteiger charge is -2.19. The van der Waals surface area contributed by atoms with Crippen LogP contribution in [0.3, 0.4) is 0 Å². The molecule has 0 spiro atoms. The number of carbonyl (C=O) groups excluding carboxylic acids is 1. The molecular weight excluding hydrogens is 320 g/mol. The van der Waals surface area contributed by atoms with Crippen LogP contribution in [-0.2, 0) is 0 Å². The van der Waals surface area contributed by atoms with E-state index in [9.17, 15) is 4.79 Å². The number of unbranched alkanes of at least 4 members (excludes halogenated alkanes) is 1. The number of ether oxygens (including phenoxy) is 2. The van der Waals surface area contributed by atoms with E-state index >= 15 is 0 Å². The van der Waals surface area contributed by atoms with Crippen molar-refractivity contribution < 1.29 is 14.3 Å². The topological polar surface area (TPSA) is 76.6 Å². The molecule has 2 heterocycles. The van der Waals surface area contributed by atoms with Crippen LogP contribution in [0.1, 0.15) is 30.3 Å². The van der Waals surface area contributed by atoms with Crippen molar-refractivity contribution in [2.24, 2.45) is 0 Å². The van der Waals surface area contributed by atoms with Gasteiger partial charge in [-0.15, -0.1) is 0 Å². The molecule has 1 amide bonds. The van der Waals surface area contributed by atoms with Crippen LogP contribution < -0.4 is 19.7 Å². The minimum absolute atomic E-state index is 0.266. The van der Waals surface area contributed by atoms with Crippen molar-refractivity contribution in [3.63, 3.8) is 0 Å². The largest absolute Gasteiger partial charge is 0.486 e. The summed E-state index contributed by atoms with van der Waals surface area (Å²) < 4.78 is 11.0. The third kappa shape index (κ3) is 4.17. The second-order valence-electron chi connectivity index (χ2n) is 5.85. The number of amides is 1. The molecule has 132 valence electrons. The van der Waals surface area contributed by atoms with E-state index in [1.54, 1.807) is 24.4 Å². The van der Waals surface area contributed by atoms with Crippen molar-refractivity contribution in [2.75, 3.05) is 37.0 Å². The molecule has 1 aromatic carbocycles. The summed E-state index contributed by atoms with van der Waals surface area (Å²) in [6.45, 7) is 4.09. The Balaban J connectivity index is 1.65. The van der Waals surface area contributed by atoms with Gasteiger partial charge in [0.2, 0.25) is 0 Å². The summed E-state index contributed by atoms with van der Waals surface area (Å²) in [6.07, 6.45) is 5.32. The first-order valence-electron chi connectivity index (χ1n) is 8.41. The Morgan fingerprint density at radius 1 is 1.20 bits per heavy atom. The van der Waals surface area contributed by atoms with Gasteiger partial charge in [0.05, 0.1) is 12.4 Å². The zero-order valence-corrected chi connectivity index (χ0v) is 14.5. The number of aromatic nitrogens is 2. The van der Waals surface area contributed by atoms with Crippen molar-refractivity contribution in [1.82, 2.24) is 9.97 Å². The van der Waals surface area contributed by atoms with Crippen LogP contribution in [0.25, 0.3) is 0 Å². The van der Waals surface area contributed by atoms with Gasteiger partial charge in [0.1, 0.15) is 24.7 Å². The summed E-state index contributed by atoms with van der Waals surface area (Å²) >= 11 is 0. The van der Waals surface area contributed by atoms with E-state index in [-0.39, 0.29) is 11.6 Å². The van der Waals surface area contributed by atoms with E-state index < -0.39 is 0 Å². The number of fused-ring (bicyclic) bond motifs is 1. The van der Waals surface area contributed by atoms with Gasteiger partial charge in [-0.25, -0.2) is 9.97 Å². The van der Waals surface area contributed by atoms with Gasteiger partial charge in [0.15, 0.2) is 11.5 Å². The number of nitrogens with zero attached hydrogens (tertiary/aromatic N) is 3. The summed E-state index contributed by atoms with van der Waals surface area (Å²) in [4.78, 5) is 22.9. The number of hydrogen-bond donors (Lipinski definition) is 1. The van der Waals surface area contributed by atoms with E-state index in [2.05, 4.69) is 22.2 Å². The van der Waals surface area contributed by atoms with Crippen molar-refractivity contribution in [1.29, 1.82) is 0 Å². The molecule has 0 unspecified atom stereocenters. The van der Waals surface area contributed by atoms with Crippen LogP contribution in [0, 0.1) is 0 Å². The highest BCUT2D eigenvalue weighted by molar-refractivity contribution is 6.02. The smallest absolute Gasteiger partial charge is 0.275 e. The molecule has 1 aliphatic heterocycles.